The van der Waals surface area contributed by atoms with E-state index in [1.54, 1.807) is 44.6 Å². The minimum Gasteiger partial charge on any atom is -0.497 e. The number of rotatable bonds is 5. The van der Waals surface area contributed by atoms with E-state index in [4.69, 9.17) is 21.7 Å². The molecule has 2 aromatic rings. The number of methoxy groups -OCH3 is 2. The van der Waals surface area contributed by atoms with Crippen LogP contribution >= 0.6 is 24.0 Å². The maximum Gasteiger partial charge on any atom is 0.271 e. The Morgan fingerprint density at radius 3 is 2.41 bits per heavy atom. The van der Waals surface area contributed by atoms with Gasteiger partial charge in [0.2, 0.25) is 0 Å². The number of thiocarbonyl (C=S) groups is 1. The number of hydrogen-bond acceptors (Lipinski definition) is 7. The van der Waals surface area contributed by atoms with Crippen molar-refractivity contribution in [2.75, 3.05) is 19.1 Å². The number of thioether (sulfide) groups is 1. The molecule has 1 amide bonds. The number of carbonyl (C=O) groups excluding carboxylic acids is 1. The number of amides is 1. The van der Waals surface area contributed by atoms with Gasteiger partial charge in [0.1, 0.15) is 11.5 Å². The third-order valence-electron chi connectivity index (χ3n) is 3.76. The standard InChI is InChI=1S/C18H14N2O5S2/c1-24-14-6-11(7-15(10-14)25-2)8-16-17(21)19(18(26)27-16)12-4-3-5-13(9-12)20(22)23/h3-10H,1-2H3/b16-8-. The summed E-state index contributed by atoms with van der Waals surface area (Å²) < 4.78 is 10.8. The summed E-state index contributed by atoms with van der Waals surface area (Å²) in [4.78, 5) is 25.0. The molecule has 0 unspecified atom stereocenters. The van der Waals surface area contributed by atoms with E-state index in [1.807, 2.05) is 0 Å². The number of benzene rings is 2. The van der Waals surface area contributed by atoms with Crippen LogP contribution in [-0.4, -0.2) is 29.4 Å². The van der Waals surface area contributed by atoms with Crippen molar-refractivity contribution < 1.29 is 19.2 Å². The summed E-state index contributed by atoms with van der Waals surface area (Å²) in [5.74, 6) is 0.844. The van der Waals surface area contributed by atoms with E-state index in [2.05, 4.69) is 0 Å². The van der Waals surface area contributed by atoms with Crippen LogP contribution in [0.25, 0.3) is 6.08 Å². The third-order valence-corrected chi connectivity index (χ3v) is 5.07. The molecule has 0 aliphatic carbocycles. The Kier molecular flexibility index (Phi) is 5.43. The van der Waals surface area contributed by atoms with E-state index >= 15 is 0 Å². The van der Waals surface area contributed by atoms with Gasteiger partial charge in [0.05, 0.1) is 29.7 Å². The number of anilines is 1. The summed E-state index contributed by atoms with van der Waals surface area (Å²) in [7, 11) is 3.08. The van der Waals surface area contributed by atoms with Gasteiger partial charge in [-0.25, -0.2) is 0 Å². The quantitative estimate of drug-likeness (QED) is 0.323. The van der Waals surface area contributed by atoms with E-state index < -0.39 is 4.92 Å². The molecule has 1 fully saturated rings. The topological polar surface area (TPSA) is 81.9 Å². The van der Waals surface area contributed by atoms with Gasteiger partial charge in [0.25, 0.3) is 11.6 Å². The van der Waals surface area contributed by atoms with Gasteiger partial charge >= 0.3 is 0 Å². The summed E-state index contributed by atoms with van der Waals surface area (Å²) in [6.45, 7) is 0. The lowest BCUT2D eigenvalue weighted by atomic mass is 10.1. The normalized spacial score (nSPS) is 15.3. The Morgan fingerprint density at radius 2 is 1.81 bits per heavy atom. The number of nitrogens with zero attached hydrogens (tertiary/aromatic N) is 2. The van der Waals surface area contributed by atoms with Gasteiger partial charge in [0, 0.05) is 18.2 Å². The Labute approximate surface area is 164 Å². The fourth-order valence-electron chi connectivity index (χ4n) is 2.50. The molecule has 1 aliphatic rings. The van der Waals surface area contributed by atoms with Gasteiger partial charge in [-0.05, 0) is 29.8 Å². The van der Waals surface area contributed by atoms with Crippen LogP contribution in [0.4, 0.5) is 11.4 Å². The fourth-order valence-corrected chi connectivity index (χ4v) is 3.80. The predicted octanol–water partition coefficient (Wildman–Crippen LogP) is 4.02. The van der Waals surface area contributed by atoms with E-state index in [1.165, 1.54) is 23.1 Å². The number of hydrogen-bond donors (Lipinski definition) is 0. The Bertz CT molecular complexity index is 952. The van der Waals surface area contributed by atoms with Crippen molar-refractivity contribution in [2.24, 2.45) is 0 Å². The van der Waals surface area contributed by atoms with Crippen molar-refractivity contribution in [1.29, 1.82) is 0 Å². The fraction of sp³-hybridized carbons (Fsp3) is 0.111. The molecule has 9 heteroatoms. The molecule has 0 atom stereocenters. The number of nitro groups is 1. The second-order valence-corrected chi connectivity index (χ2v) is 7.12. The number of non-ortho nitro benzene ring substituents is 1. The first-order valence-electron chi connectivity index (χ1n) is 7.68. The van der Waals surface area contributed by atoms with Crippen molar-refractivity contribution >= 4 is 51.7 Å². The zero-order chi connectivity index (χ0) is 19.6. The van der Waals surface area contributed by atoms with Crippen LogP contribution in [0.1, 0.15) is 5.56 Å². The Hall–Kier alpha value is -2.91. The molecule has 1 aliphatic heterocycles. The molecule has 1 heterocycles. The largest absolute Gasteiger partial charge is 0.497 e. The van der Waals surface area contributed by atoms with Crippen LogP contribution in [0.5, 0.6) is 11.5 Å². The molecule has 0 spiro atoms. The summed E-state index contributed by atoms with van der Waals surface area (Å²) in [6, 6.07) is 11.1. The first-order valence-corrected chi connectivity index (χ1v) is 8.91. The van der Waals surface area contributed by atoms with Crippen molar-refractivity contribution in [3.05, 3.63) is 63.0 Å². The number of carbonyl (C=O) groups is 1. The maximum atomic E-state index is 12.8. The summed E-state index contributed by atoms with van der Waals surface area (Å²) in [5.41, 5.74) is 0.965. The second-order valence-electron chi connectivity index (χ2n) is 5.44. The lowest BCUT2D eigenvalue weighted by Gasteiger charge is -2.14. The second kappa shape index (κ2) is 7.77. The molecule has 3 rings (SSSR count). The average molecular weight is 402 g/mol. The molecular weight excluding hydrogens is 388 g/mol. The van der Waals surface area contributed by atoms with Gasteiger partial charge in [-0.3, -0.25) is 19.8 Å². The highest BCUT2D eigenvalue weighted by Crippen LogP contribution is 2.37. The molecule has 27 heavy (non-hydrogen) atoms. The Balaban J connectivity index is 1.96. The van der Waals surface area contributed by atoms with E-state index in [9.17, 15) is 14.9 Å². The highest BCUT2D eigenvalue weighted by molar-refractivity contribution is 8.27. The molecule has 0 bridgehead atoms. The zero-order valence-electron chi connectivity index (χ0n) is 14.4. The number of nitro benzene ring substituents is 1. The van der Waals surface area contributed by atoms with Gasteiger partial charge < -0.3 is 9.47 Å². The molecule has 0 radical (unpaired) electrons. The van der Waals surface area contributed by atoms with E-state index in [-0.39, 0.29) is 11.6 Å². The van der Waals surface area contributed by atoms with Gasteiger partial charge in [-0.2, -0.15) is 0 Å². The molecule has 1 saturated heterocycles. The molecular formula is C18H14N2O5S2. The summed E-state index contributed by atoms with van der Waals surface area (Å²) in [5, 5.41) is 11.0. The van der Waals surface area contributed by atoms with Gasteiger partial charge in [-0.15, -0.1) is 0 Å². The minimum atomic E-state index is -0.514. The zero-order valence-corrected chi connectivity index (χ0v) is 16.0. The smallest absolute Gasteiger partial charge is 0.271 e. The first-order chi connectivity index (χ1) is 12.9. The molecule has 138 valence electrons. The highest BCUT2D eigenvalue weighted by Gasteiger charge is 2.34. The van der Waals surface area contributed by atoms with E-state index in [0.29, 0.717) is 32.0 Å². The van der Waals surface area contributed by atoms with Crippen LogP contribution in [0.2, 0.25) is 0 Å². The molecule has 7 nitrogen and oxygen atoms in total. The SMILES string of the molecule is COc1cc(/C=C2\SC(=S)N(c3cccc([N+](=O)[O-])c3)C2=O)cc(OC)c1. The Morgan fingerprint density at radius 1 is 1.15 bits per heavy atom. The molecule has 2 aromatic carbocycles. The molecule has 0 N–H and O–H groups in total. The van der Waals surface area contributed by atoms with Crippen molar-refractivity contribution in [1.82, 2.24) is 0 Å². The average Bonchev–Trinajstić information content (AvgIpc) is 2.94. The van der Waals surface area contributed by atoms with Crippen molar-refractivity contribution in [3.8, 4) is 11.5 Å². The van der Waals surface area contributed by atoms with E-state index in [0.717, 1.165) is 11.8 Å². The molecule has 0 saturated carbocycles. The summed E-state index contributed by atoms with van der Waals surface area (Å²) >= 11 is 6.44. The monoisotopic (exact) mass is 402 g/mol. The summed E-state index contributed by atoms with van der Waals surface area (Å²) in [6.07, 6.45) is 1.68. The lowest BCUT2D eigenvalue weighted by molar-refractivity contribution is -0.384. The van der Waals surface area contributed by atoms with Crippen molar-refractivity contribution in [2.45, 2.75) is 0 Å². The van der Waals surface area contributed by atoms with Crippen LogP contribution in [0, 0.1) is 10.1 Å². The maximum absolute atomic E-state index is 12.8. The first kappa shape index (κ1) is 18.9. The molecule has 0 aromatic heterocycles. The van der Waals surface area contributed by atoms with Gasteiger partial charge in [0.15, 0.2) is 4.32 Å². The minimum absolute atomic E-state index is 0.108. The highest BCUT2D eigenvalue weighted by atomic mass is 32.2. The van der Waals surface area contributed by atoms with Crippen molar-refractivity contribution in [3.63, 3.8) is 0 Å². The number of ether oxygens (including phenoxy) is 2. The lowest BCUT2D eigenvalue weighted by Crippen LogP contribution is -2.27. The van der Waals surface area contributed by atoms with Crippen LogP contribution in [0.3, 0.4) is 0 Å². The van der Waals surface area contributed by atoms with Crippen LogP contribution in [0.15, 0.2) is 47.4 Å². The van der Waals surface area contributed by atoms with Crippen LogP contribution < -0.4 is 14.4 Å². The third kappa shape index (κ3) is 3.93. The van der Waals surface area contributed by atoms with Crippen LogP contribution in [-0.2, 0) is 4.79 Å². The predicted molar refractivity (Wildman–Crippen MR) is 108 cm³/mol. The van der Waals surface area contributed by atoms with Gasteiger partial charge in [-0.1, -0.05) is 30.0 Å².